The normalized spacial score (nSPS) is 23.0. The molecule has 0 aromatic rings. The Morgan fingerprint density at radius 2 is 1.86 bits per heavy atom. The van der Waals surface area contributed by atoms with E-state index in [0.29, 0.717) is 18.4 Å². The van der Waals surface area contributed by atoms with Gasteiger partial charge in [-0.15, -0.1) is 0 Å². The lowest BCUT2D eigenvalue weighted by Gasteiger charge is -2.28. The fourth-order valence-electron chi connectivity index (χ4n) is 2.84. The molecule has 0 radical (unpaired) electrons. The molecule has 5 heteroatoms. The molecule has 0 amide bonds. The van der Waals surface area contributed by atoms with Crippen LogP contribution in [-0.2, 0) is 14.3 Å². The van der Waals surface area contributed by atoms with Gasteiger partial charge in [-0.3, -0.25) is 9.59 Å². The minimum Gasteiger partial charge on any atom is -0.466 e. The molecule has 1 aliphatic carbocycles. The van der Waals surface area contributed by atoms with Gasteiger partial charge in [-0.05, 0) is 57.4 Å². The second kappa shape index (κ2) is 10.7. The van der Waals surface area contributed by atoms with Gasteiger partial charge >= 0.3 is 5.97 Å². The monoisotopic (exact) mass is 313 g/mol. The van der Waals surface area contributed by atoms with Gasteiger partial charge in [0.25, 0.3) is 0 Å². The summed E-state index contributed by atoms with van der Waals surface area (Å²) in [5, 5.41) is 12.4. The van der Waals surface area contributed by atoms with E-state index >= 15 is 0 Å². The molecule has 1 aliphatic rings. The molecule has 0 aromatic heterocycles. The standard InChI is InChI=1S/C17H31NO4/c1-3-4-9-22-17(21)10-16(13(2)20)18-11-14-5-7-15(12-19)8-6-14/h14-16,18-19H,3-12H2,1-2H3. The summed E-state index contributed by atoms with van der Waals surface area (Å²) in [4.78, 5) is 23.4. The van der Waals surface area contributed by atoms with E-state index in [-0.39, 0.29) is 24.8 Å². The molecule has 1 saturated carbocycles. The van der Waals surface area contributed by atoms with Crippen molar-refractivity contribution in [1.29, 1.82) is 0 Å². The van der Waals surface area contributed by atoms with Crippen LogP contribution in [0.3, 0.4) is 0 Å². The summed E-state index contributed by atoms with van der Waals surface area (Å²) in [6, 6.07) is -0.440. The molecule has 0 aromatic carbocycles. The van der Waals surface area contributed by atoms with Crippen LogP contribution >= 0.6 is 0 Å². The van der Waals surface area contributed by atoms with Gasteiger partial charge in [-0.1, -0.05) is 13.3 Å². The SMILES string of the molecule is CCCCOC(=O)CC(NCC1CCC(CO)CC1)C(C)=O. The molecule has 1 atom stereocenters. The first-order valence-electron chi connectivity index (χ1n) is 8.57. The van der Waals surface area contributed by atoms with E-state index in [1.807, 2.05) is 6.92 Å². The van der Waals surface area contributed by atoms with Crippen molar-refractivity contribution in [3.63, 3.8) is 0 Å². The lowest BCUT2D eigenvalue weighted by molar-refractivity contribution is -0.145. The van der Waals surface area contributed by atoms with Gasteiger partial charge in [0.15, 0.2) is 0 Å². The van der Waals surface area contributed by atoms with E-state index in [1.165, 1.54) is 6.92 Å². The van der Waals surface area contributed by atoms with Gasteiger partial charge in [0, 0.05) is 6.61 Å². The highest BCUT2D eigenvalue weighted by atomic mass is 16.5. The van der Waals surface area contributed by atoms with Crippen molar-refractivity contribution in [2.24, 2.45) is 11.8 Å². The molecular formula is C17H31NO4. The van der Waals surface area contributed by atoms with E-state index in [1.54, 1.807) is 0 Å². The van der Waals surface area contributed by atoms with E-state index < -0.39 is 6.04 Å². The van der Waals surface area contributed by atoms with Crippen LogP contribution in [0, 0.1) is 11.8 Å². The number of Topliss-reactive ketones (excluding diaryl/α,β-unsaturated/α-hetero) is 1. The van der Waals surface area contributed by atoms with Crippen molar-refractivity contribution in [2.75, 3.05) is 19.8 Å². The number of carbonyl (C=O) groups excluding carboxylic acids is 2. The summed E-state index contributed by atoms with van der Waals surface area (Å²) < 4.78 is 5.12. The number of rotatable bonds is 10. The number of unbranched alkanes of at least 4 members (excludes halogenated alkanes) is 1. The first-order valence-corrected chi connectivity index (χ1v) is 8.57. The number of ketones is 1. The average Bonchev–Trinajstić information content (AvgIpc) is 2.52. The molecule has 0 bridgehead atoms. The van der Waals surface area contributed by atoms with Crippen LogP contribution in [0.25, 0.3) is 0 Å². The molecule has 5 nitrogen and oxygen atoms in total. The van der Waals surface area contributed by atoms with Crippen molar-refractivity contribution in [2.45, 2.75) is 64.8 Å². The third kappa shape index (κ3) is 7.36. The van der Waals surface area contributed by atoms with Crippen LogP contribution in [-0.4, -0.2) is 42.7 Å². The Morgan fingerprint density at radius 3 is 2.41 bits per heavy atom. The predicted octanol–water partition coefficient (Wildman–Crippen LogP) is 2.07. The number of nitrogens with one attached hydrogen (secondary N) is 1. The van der Waals surface area contributed by atoms with E-state index in [4.69, 9.17) is 9.84 Å². The average molecular weight is 313 g/mol. The second-order valence-electron chi connectivity index (χ2n) is 6.42. The first-order chi connectivity index (χ1) is 10.6. The molecule has 0 spiro atoms. The van der Waals surface area contributed by atoms with Gasteiger partial charge in [0.05, 0.1) is 19.1 Å². The smallest absolute Gasteiger partial charge is 0.307 e. The Balaban J connectivity index is 2.29. The van der Waals surface area contributed by atoms with Crippen molar-refractivity contribution in [1.82, 2.24) is 5.32 Å². The Kier molecular flexibility index (Phi) is 9.32. The van der Waals surface area contributed by atoms with Gasteiger partial charge in [-0.2, -0.15) is 0 Å². The zero-order valence-corrected chi connectivity index (χ0v) is 14.0. The number of carbonyl (C=O) groups is 2. The highest BCUT2D eigenvalue weighted by Crippen LogP contribution is 2.27. The summed E-state index contributed by atoms with van der Waals surface area (Å²) >= 11 is 0. The van der Waals surface area contributed by atoms with E-state index in [9.17, 15) is 9.59 Å². The molecule has 128 valence electrons. The van der Waals surface area contributed by atoms with Crippen LogP contribution in [0.5, 0.6) is 0 Å². The lowest BCUT2D eigenvalue weighted by atomic mass is 9.82. The van der Waals surface area contributed by atoms with E-state index in [2.05, 4.69) is 5.32 Å². The molecule has 1 rings (SSSR count). The molecule has 0 heterocycles. The Morgan fingerprint density at radius 1 is 1.23 bits per heavy atom. The minimum absolute atomic E-state index is 0.0171. The number of esters is 1. The summed E-state index contributed by atoms with van der Waals surface area (Å²) in [7, 11) is 0. The fourth-order valence-corrected chi connectivity index (χ4v) is 2.84. The highest BCUT2D eigenvalue weighted by molar-refractivity contribution is 5.86. The second-order valence-corrected chi connectivity index (χ2v) is 6.42. The topological polar surface area (TPSA) is 75.6 Å². The molecule has 2 N–H and O–H groups in total. The number of hydrogen-bond acceptors (Lipinski definition) is 5. The lowest BCUT2D eigenvalue weighted by Crippen LogP contribution is -2.41. The maximum absolute atomic E-state index is 11.7. The fraction of sp³-hybridized carbons (Fsp3) is 0.882. The third-order valence-electron chi connectivity index (χ3n) is 4.50. The van der Waals surface area contributed by atoms with Crippen LogP contribution in [0.4, 0.5) is 0 Å². The van der Waals surface area contributed by atoms with Gasteiger partial charge in [0.2, 0.25) is 0 Å². The summed E-state index contributed by atoms with van der Waals surface area (Å²) in [5.41, 5.74) is 0. The van der Waals surface area contributed by atoms with Crippen molar-refractivity contribution >= 4 is 11.8 Å². The third-order valence-corrected chi connectivity index (χ3v) is 4.50. The quantitative estimate of drug-likeness (QED) is 0.477. The van der Waals surface area contributed by atoms with Crippen LogP contribution in [0.15, 0.2) is 0 Å². The van der Waals surface area contributed by atoms with Crippen molar-refractivity contribution in [3.8, 4) is 0 Å². The zero-order chi connectivity index (χ0) is 16.4. The summed E-state index contributed by atoms with van der Waals surface area (Å²) in [6.45, 7) is 5.02. The zero-order valence-electron chi connectivity index (χ0n) is 14.0. The van der Waals surface area contributed by atoms with Crippen LogP contribution in [0.1, 0.15) is 58.8 Å². The molecule has 1 unspecified atom stereocenters. The molecule has 0 aliphatic heterocycles. The Bertz CT molecular complexity index is 338. The van der Waals surface area contributed by atoms with Crippen molar-refractivity contribution in [3.05, 3.63) is 0 Å². The highest BCUT2D eigenvalue weighted by Gasteiger charge is 2.23. The minimum atomic E-state index is -0.440. The summed E-state index contributed by atoms with van der Waals surface area (Å²) in [6.07, 6.45) is 6.20. The van der Waals surface area contributed by atoms with Crippen LogP contribution in [0.2, 0.25) is 0 Å². The number of aliphatic hydroxyl groups is 1. The summed E-state index contributed by atoms with van der Waals surface area (Å²) in [5.74, 6) is 0.649. The molecule has 22 heavy (non-hydrogen) atoms. The maximum atomic E-state index is 11.7. The molecular weight excluding hydrogens is 282 g/mol. The first kappa shape index (κ1) is 19.1. The predicted molar refractivity (Wildman–Crippen MR) is 85.5 cm³/mol. The van der Waals surface area contributed by atoms with E-state index in [0.717, 1.165) is 45.1 Å². The largest absolute Gasteiger partial charge is 0.466 e. The van der Waals surface area contributed by atoms with Crippen LogP contribution < -0.4 is 5.32 Å². The molecule has 1 fully saturated rings. The number of ether oxygens (including phenoxy) is 1. The molecule has 0 saturated heterocycles. The van der Waals surface area contributed by atoms with Gasteiger partial charge in [0.1, 0.15) is 5.78 Å². The Labute approximate surface area is 133 Å². The van der Waals surface area contributed by atoms with Crippen molar-refractivity contribution < 1.29 is 19.4 Å². The number of aliphatic hydroxyl groups excluding tert-OH is 1. The maximum Gasteiger partial charge on any atom is 0.307 e. The number of hydrogen-bond donors (Lipinski definition) is 2. The van der Waals surface area contributed by atoms with Gasteiger partial charge < -0.3 is 15.2 Å². The van der Waals surface area contributed by atoms with Gasteiger partial charge in [-0.25, -0.2) is 0 Å². The Hall–Kier alpha value is -0.940.